The molecule has 0 radical (unpaired) electrons. The molecule has 3 heteroatoms. The molecule has 3 nitrogen and oxygen atoms in total. The van der Waals surface area contributed by atoms with Gasteiger partial charge >= 0.3 is 0 Å². The zero-order valence-corrected chi connectivity index (χ0v) is 12.2. The number of aryl methyl sites for hydroxylation is 1. The number of rotatable bonds is 3. The van der Waals surface area contributed by atoms with Crippen molar-refractivity contribution in [3.63, 3.8) is 0 Å². The van der Waals surface area contributed by atoms with Crippen LogP contribution in [0.25, 0.3) is 0 Å². The summed E-state index contributed by atoms with van der Waals surface area (Å²) in [5.41, 5.74) is 11.7. The molecule has 3 N–H and O–H groups in total. The molecule has 21 heavy (non-hydrogen) atoms. The Morgan fingerprint density at radius 3 is 2.71 bits per heavy atom. The van der Waals surface area contributed by atoms with Gasteiger partial charge in [-0.1, -0.05) is 42.0 Å². The average Bonchev–Trinajstić information content (AvgIpc) is 2.50. The van der Waals surface area contributed by atoms with Gasteiger partial charge in [-0.05, 0) is 42.5 Å². The number of carbonyl (C=O) groups excluding carboxylic acids is 1. The minimum atomic E-state index is -0.0901. The van der Waals surface area contributed by atoms with Gasteiger partial charge in [-0.2, -0.15) is 0 Å². The lowest BCUT2D eigenvalue weighted by atomic mass is 9.93. The molecule has 3 rings (SSSR count). The van der Waals surface area contributed by atoms with Crippen molar-refractivity contribution in [3.8, 4) is 0 Å². The Hall–Kier alpha value is -2.13. The van der Waals surface area contributed by atoms with Crippen LogP contribution in [-0.4, -0.2) is 12.5 Å². The van der Waals surface area contributed by atoms with Crippen LogP contribution < -0.4 is 11.1 Å². The number of amides is 1. The van der Waals surface area contributed by atoms with E-state index in [1.165, 1.54) is 11.1 Å². The van der Waals surface area contributed by atoms with Crippen molar-refractivity contribution in [2.75, 3.05) is 6.54 Å². The Labute approximate surface area is 125 Å². The van der Waals surface area contributed by atoms with Crippen LogP contribution in [0.3, 0.4) is 0 Å². The maximum Gasteiger partial charge on any atom is 0.251 e. The molecule has 1 amide bonds. The molecule has 1 atom stereocenters. The summed E-state index contributed by atoms with van der Waals surface area (Å²) in [7, 11) is 0. The number of hydrogen-bond donors (Lipinski definition) is 2. The summed E-state index contributed by atoms with van der Waals surface area (Å²) in [6.45, 7) is 2.80. The first-order valence-electron chi connectivity index (χ1n) is 7.35. The summed E-state index contributed by atoms with van der Waals surface area (Å²) in [6, 6.07) is 14.4. The lowest BCUT2D eigenvalue weighted by molar-refractivity contribution is 0.0946. The molecule has 1 heterocycles. The SMILES string of the molecule is Cc1ccc(CC(N)c2ccc3c(c2)C(=O)NCC3)cc1. The number of benzene rings is 2. The Bertz CT molecular complexity index is 661. The molecule has 2 aromatic rings. The Balaban J connectivity index is 1.81. The first kappa shape index (κ1) is 13.8. The van der Waals surface area contributed by atoms with Gasteiger partial charge in [0, 0.05) is 18.2 Å². The van der Waals surface area contributed by atoms with Crippen molar-refractivity contribution in [2.45, 2.75) is 25.8 Å². The largest absolute Gasteiger partial charge is 0.352 e. The average molecular weight is 280 g/mol. The van der Waals surface area contributed by atoms with E-state index in [9.17, 15) is 4.79 Å². The number of fused-ring (bicyclic) bond motifs is 1. The minimum Gasteiger partial charge on any atom is -0.352 e. The third-order valence-corrected chi connectivity index (χ3v) is 4.06. The summed E-state index contributed by atoms with van der Waals surface area (Å²) < 4.78 is 0. The minimum absolute atomic E-state index is 0.0145. The normalized spacial score (nSPS) is 15.2. The summed E-state index contributed by atoms with van der Waals surface area (Å²) in [4.78, 5) is 11.9. The van der Waals surface area contributed by atoms with E-state index in [-0.39, 0.29) is 11.9 Å². The molecule has 0 bridgehead atoms. The van der Waals surface area contributed by atoms with Crippen LogP contribution in [0, 0.1) is 6.92 Å². The van der Waals surface area contributed by atoms with Crippen molar-refractivity contribution < 1.29 is 4.79 Å². The predicted molar refractivity (Wildman–Crippen MR) is 84.3 cm³/mol. The standard InChI is InChI=1S/C18H20N2O/c1-12-2-4-13(5-3-12)10-17(19)15-7-6-14-8-9-20-18(21)16(14)11-15/h2-7,11,17H,8-10,19H2,1H3,(H,20,21). The zero-order valence-electron chi connectivity index (χ0n) is 12.2. The maximum atomic E-state index is 11.9. The van der Waals surface area contributed by atoms with Gasteiger partial charge in [0.25, 0.3) is 5.91 Å². The summed E-state index contributed by atoms with van der Waals surface area (Å²) in [5, 5.41) is 2.88. The van der Waals surface area contributed by atoms with E-state index >= 15 is 0 Å². The smallest absolute Gasteiger partial charge is 0.251 e. The van der Waals surface area contributed by atoms with Crippen molar-refractivity contribution in [1.82, 2.24) is 5.32 Å². The maximum absolute atomic E-state index is 11.9. The molecule has 1 unspecified atom stereocenters. The zero-order chi connectivity index (χ0) is 14.8. The van der Waals surface area contributed by atoms with Crippen LogP contribution in [0.1, 0.15) is 38.7 Å². The van der Waals surface area contributed by atoms with Crippen LogP contribution >= 0.6 is 0 Å². The molecule has 108 valence electrons. The molecule has 1 aliphatic heterocycles. The fourth-order valence-corrected chi connectivity index (χ4v) is 2.76. The highest BCUT2D eigenvalue weighted by Crippen LogP contribution is 2.22. The number of nitrogens with one attached hydrogen (secondary N) is 1. The lowest BCUT2D eigenvalue weighted by Crippen LogP contribution is -2.32. The summed E-state index contributed by atoms with van der Waals surface area (Å²) >= 11 is 0. The molecular formula is C18H20N2O. The fourth-order valence-electron chi connectivity index (χ4n) is 2.76. The first-order chi connectivity index (χ1) is 10.1. The van der Waals surface area contributed by atoms with E-state index in [1.54, 1.807) is 0 Å². The fraction of sp³-hybridized carbons (Fsp3) is 0.278. The van der Waals surface area contributed by atoms with Crippen LogP contribution in [0.4, 0.5) is 0 Å². The third kappa shape index (κ3) is 2.98. The molecule has 0 saturated carbocycles. The third-order valence-electron chi connectivity index (χ3n) is 4.06. The van der Waals surface area contributed by atoms with E-state index in [2.05, 4.69) is 42.6 Å². The molecule has 0 spiro atoms. The van der Waals surface area contributed by atoms with Crippen molar-refractivity contribution in [2.24, 2.45) is 5.73 Å². The van der Waals surface area contributed by atoms with E-state index in [0.717, 1.165) is 36.1 Å². The first-order valence-corrected chi connectivity index (χ1v) is 7.35. The molecule has 2 aromatic carbocycles. The number of nitrogens with two attached hydrogens (primary N) is 1. The van der Waals surface area contributed by atoms with E-state index in [1.807, 2.05) is 12.1 Å². The topological polar surface area (TPSA) is 55.1 Å². The van der Waals surface area contributed by atoms with Crippen molar-refractivity contribution in [3.05, 3.63) is 70.3 Å². The second-order valence-electron chi connectivity index (χ2n) is 5.72. The van der Waals surface area contributed by atoms with Gasteiger partial charge in [-0.15, -0.1) is 0 Å². The highest BCUT2D eigenvalue weighted by molar-refractivity contribution is 5.96. The second-order valence-corrected chi connectivity index (χ2v) is 5.72. The van der Waals surface area contributed by atoms with Crippen LogP contribution in [0.2, 0.25) is 0 Å². The molecular weight excluding hydrogens is 260 g/mol. The van der Waals surface area contributed by atoms with Gasteiger partial charge in [0.05, 0.1) is 0 Å². The monoisotopic (exact) mass is 280 g/mol. The number of carbonyl (C=O) groups is 1. The Morgan fingerprint density at radius 2 is 1.95 bits per heavy atom. The highest BCUT2D eigenvalue weighted by atomic mass is 16.1. The van der Waals surface area contributed by atoms with Crippen LogP contribution in [0.15, 0.2) is 42.5 Å². The molecule has 0 aliphatic carbocycles. The number of hydrogen-bond acceptors (Lipinski definition) is 2. The Kier molecular flexibility index (Phi) is 3.76. The van der Waals surface area contributed by atoms with Gasteiger partial charge in [-0.25, -0.2) is 0 Å². The van der Waals surface area contributed by atoms with Gasteiger partial charge in [0.2, 0.25) is 0 Å². The Morgan fingerprint density at radius 1 is 1.19 bits per heavy atom. The lowest BCUT2D eigenvalue weighted by Gasteiger charge is -2.19. The van der Waals surface area contributed by atoms with Crippen LogP contribution in [-0.2, 0) is 12.8 Å². The van der Waals surface area contributed by atoms with E-state index < -0.39 is 0 Å². The second kappa shape index (κ2) is 5.70. The van der Waals surface area contributed by atoms with Gasteiger partial charge < -0.3 is 11.1 Å². The quantitative estimate of drug-likeness (QED) is 0.907. The molecule has 0 fully saturated rings. The highest BCUT2D eigenvalue weighted by Gasteiger charge is 2.18. The molecule has 0 saturated heterocycles. The van der Waals surface area contributed by atoms with Crippen LogP contribution in [0.5, 0.6) is 0 Å². The van der Waals surface area contributed by atoms with Crippen molar-refractivity contribution in [1.29, 1.82) is 0 Å². The van der Waals surface area contributed by atoms with Gasteiger partial charge in [0.15, 0.2) is 0 Å². The molecule has 1 aliphatic rings. The van der Waals surface area contributed by atoms with E-state index in [0.29, 0.717) is 0 Å². The summed E-state index contributed by atoms with van der Waals surface area (Å²) in [5.74, 6) is 0.0145. The predicted octanol–water partition coefficient (Wildman–Crippen LogP) is 2.52. The van der Waals surface area contributed by atoms with Crippen molar-refractivity contribution >= 4 is 5.91 Å². The van der Waals surface area contributed by atoms with Gasteiger partial charge in [0.1, 0.15) is 0 Å². The molecule has 0 aromatic heterocycles. The van der Waals surface area contributed by atoms with Gasteiger partial charge in [-0.3, -0.25) is 4.79 Å². The summed E-state index contributed by atoms with van der Waals surface area (Å²) in [6.07, 6.45) is 1.68. The van der Waals surface area contributed by atoms with E-state index in [4.69, 9.17) is 5.73 Å².